The Balaban J connectivity index is 2.07. The number of nitrogens with one attached hydrogen (secondary N) is 1. The molecule has 2 aliphatic carbocycles. The molecule has 0 aromatic rings. The van der Waals surface area contributed by atoms with Crippen molar-refractivity contribution in [2.75, 3.05) is 6.54 Å². The number of nitrogens with two attached hydrogens (primary N) is 1. The Morgan fingerprint density at radius 3 is 2.39 bits per heavy atom. The predicted octanol–water partition coefficient (Wildman–Crippen LogP) is 1.58. The molecule has 0 aromatic heterocycles. The van der Waals surface area contributed by atoms with Crippen molar-refractivity contribution >= 4 is 11.8 Å². The largest absolute Gasteiger partial charge is 0.369 e. The van der Waals surface area contributed by atoms with Gasteiger partial charge in [-0.25, -0.2) is 0 Å². The lowest BCUT2D eigenvalue weighted by molar-refractivity contribution is -0.135. The third-order valence-electron chi connectivity index (χ3n) is 4.66. The second-order valence-electron chi connectivity index (χ2n) is 5.85. The highest BCUT2D eigenvalue weighted by Gasteiger charge is 2.57. The number of carbonyl (C=O) groups excluding carboxylic acids is 2. The van der Waals surface area contributed by atoms with Crippen LogP contribution in [0.5, 0.6) is 0 Å². The second kappa shape index (κ2) is 5.29. The summed E-state index contributed by atoms with van der Waals surface area (Å²) < 4.78 is 0. The van der Waals surface area contributed by atoms with Gasteiger partial charge in [0, 0.05) is 6.54 Å². The Labute approximate surface area is 109 Å². The van der Waals surface area contributed by atoms with E-state index in [4.69, 9.17) is 5.73 Å². The third-order valence-corrected chi connectivity index (χ3v) is 4.66. The summed E-state index contributed by atoms with van der Waals surface area (Å²) in [4.78, 5) is 23.9. The molecule has 0 heterocycles. The molecule has 2 fully saturated rings. The van der Waals surface area contributed by atoms with Crippen LogP contribution in [0.25, 0.3) is 0 Å². The van der Waals surface area contributed by atoms with Crippen LogP contribution in [0.1, 0.15) is 51.9 Å². The molecule has 18 heavy (non-hydrogen) atoms. The van der Waals surface area contributed by atoms with E-state index in [1.807, 2.05) is 6.92 Å². The van der Waals surface area contributed by atoms with Crippen LogP contribution < -0.4 is 11.1 Å². The first-order valence-electron chi connectivity index (χ1n) is 7.18. The van der Waals surface area contributed by atoms with Crippen LogP contribution in [0.3, 0.4) is 0 Å². The van der Waals surface area contributed by atoms with Crippen LogP contribution in [0, 0.1) is 17.3 Å². The van der Waals surface area contributed by atoms with Gasteiger partial charge in [0.15, 0.2) is 0 Å². The molecule has 0 aromatic carbocycles. The molecule has 0 radical (unpaired) electrons. The average molecular weight is 252 g/mol. The highest BCUT2D eigenvalue weighted by atomic mass is 16.2. The van der Waals surface area contributed by atoms with E-state index in [-0.39, 0.29) is 17.7 Å². The van der Waals surface area contributed by atoms with Gasteiger partial charge in [-0.15, -0.1) is 0 Å². The smallest absolute Gasteiger partial charge is 0.224 e. The summed E-state index contributed by atoms with van der Waals surface area (Å²) in [5, 5.41) is 2.87. The van der Waals surface area contributed by atoms with Gasteiger partial charge in [0.05, 0.1) is 11.3 Å². The number of primary amides is 1. The summed E-state index contributed by atoms with van der Waals surface area (Å²) in [7, 11) is 0. The molecule has 1 atom stereocenters. The van der Waals surface area contributed by atoms with Gasteiger partial charge in [0.25, 0.3) is 0 Å². The van der Waals surface area contributed by atoms with E-state index in [2.05, 4.69) is 5.32 Å². The molecule has 1 unspecified atom stereocenters. The zero-order chi connectivity index (χ0) is 13.2. The summed E-state index contributed by atoms with van der Waals surface area (Å²) >= 11 is 0. The molecule has 2 amide bonds. The van der Waals surface area contributed by atoms with Gasteiger partial charge in [-0.3, -0.25) is 9.59 Å². The fourth-order valence-corrected chi connectivity index (χ4v) is 3.36. The average Bonchev–Trinajstić information content (AvgIpc) is 2.97. The maximum atomic E-state index is 12.2. The molecule has 0 aliphatic heterocycles. The fourth-order valence-electron chi connectivity index (χ4n) is 3.36. The normalized spacial score (nSPS) is 23.6. The first kappa shape index (κ1) is 13.4. The van der Waals surface area contributed by atoms with Crippen molar-refractivity contribution in [3.8, 4) is 0 Å². The van der Waals surface area contributed by atoms with Crippen molar-refractivity contribution in [2.45, 2.75) is 51.9 Å². The Morgan fingerprint density at radius 1 is 1.33 bits per heavy atom. The molecular weight excluding hydrogens is 228 g/mol. The van der Waals surface area contributed by atoms with Crippen molar-refractivity contribution in [1.82, 2.24) is 5.32 Å². The van der Waals surface area contributed by atoms with Gasteiger partial charge in [-0.05, 0) is 32.1 Å². The van der Waals surface area contributed by atoms with E-state index in [0.717, 1.165) is 19.3 Å². The van der Waals surface area contributed by atoms with E-state index < -0.39 is 5.41 Å². The molecule has 0 saturated heterocycles. The number of hydrogen-bond acceptors (Lipinski definition) is 2. The minimum atomic E-state index is -0.526. The topological polar surface area (TPSA) is 72.2 Å². The van der Waals surface area contributed by atoms with Crippen molar-refractivity contribution in [3.63, 3.8) is 0 Å². The number of carbonyl (C=O) groups is 2. The monoisotopic (exact) mass is 252 g/mol. The third kappa shape index (κ3) is 2.52. The first-order chi connectivity index (χ1) is 8.60. The summed E-state index contributed by atoms with van der Waals surface area (Å²) in [5.41, 5.74) is 5.00. The molecule has 0 bridgehead atoms. The lowest BCUT2D eigenvalue weighted by Crippen LogP contribution is -2.42. The molecular formula is C14H24N2O2. The minimum absolute atomic E-state index is 0.0284. The lowest BCUT2D eigenvalue weighted by atomic mass is 9.80. The van der Waals surface area contributed by atoms with Crippen LogP contribution in [0.2, 0.25) is 0 Å². The summed E-state index contributed by atoms with van der Waals surface area (Å²) in [5.74, 6) is 0.157. The summed E-state index contributed by atoms with van der Waals surface area (Å²) in [6.07, 6.45) is 7.34. The Bertz CT molecular complexity index is 331. The van der Waals surface area contributed by atoms with E-state index in [0.29, 0.717) is 12.5 Å². The second-order valence-corrected chi connectivity index (χ2v) is 5.85. The maximum absolute atomic E-state index is 12.2. The number of amides is 2. The fraction of sp³-hybridized carbons (Fsp3) is 0.857. The number of hydrogen-bond donors (Lipinski definition) is 2. The quantitative estimate of drug-likeness (QED) is 0.753. The van der Waals surface area contributed by atoms with Crippen molar-refractivity contribution in [1.29, 1.82) is 0 Å². The number of rotatable bonds is 6. The molecule has 4 heteroatoms. The molecule has 3 N–H and O–H groups in total. The van der Waals surface area contributed by atoms with Crippen LogP contribution in [-0.2, 0) is 9.59 Å². The Kier molecular flexibility index (Phi) is 3.93. The standard InChI is InChI=1S/C14H24N2O2/c1-2-16-12(17)11(9-10-5-3-4-6-10)14(7-8-14)13(15)18/h10-11H,2-9H2,1H3,(H2,15,18)(H,16,17). The van der Waals surface area contributed by atoms with Crippen molar-refractivity contribution < 1.29 is 9.59 Å². The molecule has 2 aliphatic rings. The van der Waals surface area contributed by atoms with Gasteiger partial charge >= 0.3 is 0 Å². The van der Waals surface area contributed by atoms with Crippen LogP contribution in [0.15, 0.2) is 0 Å². The SMILES string of the molecule is CCNC(=O)C(CC1CCCC1)C1(C(N)=O)CC1. The predicted molar refractivity (Wildman–Crippen MR) is 69.6 cm³/mol. The zero-order valence-electron chi connectivity index (χ0n) is 11.2. The minimum Gasteiger partial charge on any atom is -0.369 e. The Hall–Kier alpha value is -1.06. The molecule has 0 spiro atoms. The van der Waals surface area contributed by atoms with E-state index in [1.165, 1.54) is 25.7 Å². The summed E-state index contributed by atoms with van der Waals surface area (Å²) in [6.45, 7) is 2.53. The first-order valence-corrected chi connectivity index (χ1v) is 7.18. The maximum Gasteiger partial charge on any atom is 0.224 e. The van der Waals surface area contributed by atoms with E-state index in [1.54, 1.807) is 0 Å². The molecule has 2 saturated carbocycles. The van der Waals surface area contributed by atoms with Gasteiger partial charge in [-0.2, -0.15) is 0 Å². The van der Waals surface area contributed by atoms with Crippen LogP contribution in [0.4, 0.5) is 0 Å². The van der Waals surface area contributed by atoms with Gasteiger partial charge < -0.3 is 11.1 Å². The zero-order valence-corrected chi connectivity index (χ0v) is 11.2. The van der Waals surface area contributed by atoms with E-state index >= 15 is 0 Å². The van der Waals surface area contributed by atoms with Crippen LogP contribution in [-0.4, -0.2) is 18.4 Å². The molecule has 102 valence electrons. The van der Waals surface area contributed by atoms with Gasteiger partial charge in [0.1, 0.15) is 0 Å². The molecule has 2 rings (SSSR count). The lowest BCUT2D eigenvalue weighted by Gasteiger charge is -2.26. The van der Waals surface area contributed by atoms with Crippen molar-refractivity contribution in [2.24, 2.45) is 23.0 Å². The Morgan fingerprint density at radius 2 is 1.94 bits per heavy atom. The van der Waals surface area contributed by atoms with Crippen LogP contribution >= 0.6 is 0 Å². The van der Waals surface area contributed by atoms with E-state index in [9.17, 15) is 9.59 Å². The molecule has 4 nitrogen and oxygen atoms in total. The van der Waals surface area contributed by atoms with Gasteiger partial charge in [-0.1, -0.05) is 25.7 Å². The summed E-state index contributed by atoms with van der Waals surface area (Å²) in [6, 6.07) is 0. The van der Waals surface area contributed by atoms with Gasteiger partial charge in [0.2, 0.25) is 11.8 Å². The van der Waals surface area contributed by atoms with Crippen molar-refractivity contribution in [3.05, 3.63) is 0 Å². The highest BCUT2D eigenvalue weighted by Crippen LogP contribution is 2.54. The highest BCUT2D eigenvalue weighted by molar-refractivity contribution is 5.91.